The Morgan fingerprint density at radius 2 is 2.00 bits per heavy atom. The number of nitrogens with one attached hydrogen (secondary N) is 1. The highest BCUT2D eigenvalue weighted by Gasteiger charge is 2.26. The molecule has 1 N–H and O–H groups in total. The minimum Gasteiger partial charge on any atom is -0.381 e. The Hall–Kier alpha value is -0.320. The third kappa shape index (κ3) is 5.58. The van der Waals surface area contributed by atoms with E-state index in [4.69, 9.17) is 4.74 Å². The van der Waals surface area contributed by atoms with E-state index in [9.17, 15) is 4.79 Å². The van der Waals surface area contributed by atoms with Crippen molar-refractivity contribution in [3.63, 3.8) is 0 Å². The van der Waals surface area contributed by atoms with Crippen LogP contribution in [0.5, 0.6) is 0 Å². The number of carbonyl (C=O) groups is 1. The molecule has 0 aromatic rings. The second-order valence-corrected chi connectivity index (χ2v) is 5.89. The molecule has 1 amide bonds. The number of amides is 1. The lowest BCUT2D eigenvalue weighted by Crippen LogP contribution is -2.31. The van der Waals surface area contributed by atoms with Gasteiger partial charge >= 0.3 is 0 Å². The molecule has 2 rings (SSSR count). The molecule has 0 spiro atoms. The summed E-state index contributed by atoms with van der Waals surface area (Å²) < 4.78 is 5.46. The lowest BCUT2D eigenvalue weighted by molar-refractivity contribution is -0.130. The fourth-order valence-corrected chi connectivity index (χ4v) is 3.14. The van der Waals surface area contributed by atoms with E-state index in [1.54, 1.807) is 0 Å². The number of nitrogens with zero attached hydrogens (tertiary/aromatic N) is 1. The lowest BCUT2D eigenvalue weighted by Gasteiger charge is -2.23. The SMILES string of the molecule is CCOCC1CCN(C(=O)CCC2CCNCC2)C1.Cl. The van der Waals surface area contributed by atoms with Crippen LogP contribution in [0.1, 0.15) is 39.0 Å². The zero-order chi connectivity index (χ0) is 13.5. The van der Waals surface area contributed by atoms with Crippen LogP contribution < -0.4 is 5.32 Å². The maximum Gasteiger partial charge on any atom is 0.222 e. The molecule has 20 heavy (non-hydrogen) atoms. The smallest absolute Gasteiger partial charge is 0.222 e. The molecule has 118 valence electrons. The van der Waals surface area contributed by atoms with Crippen molar-refractivity contribution in [1.82, 2.24) is 10.2 Å². The molecule has 0 aromatic carbocycles. The maximum absolute atomic E-state index is 12.2. The summed E-state index contributed by atoms with van der Waals surface area (Å²) in [4.78, 5) is 14.2. The van der Waals surface area contributed by atoms with Gasteiger partial charge in [-0.1, -0.05) is 0 Å². The Kier molecular flexibility index (Phi) is 8.50. The van der Waals surface area contributed by atoms with Crippen LogP contribution in [0.3, 0.4) is 0 Å². The summed E-state index contributed by atoms with van der Waals surface area (Å²) in [6.07, 6.45) is 5.40. The predicted molar refractivity (Wildman–Crippen MR) is 83.3 cm³/mol. The molecule has 0 aliphatic carbocycles. The Morgan fingerprint density at radius 3 is 2.70 bits per heavy atom. The van der Waals surface area contributed by atoms with Crippen LogP contribution in [0.4, 0.5) is 0 Å². The summed E-state index contributed by atoms with van der Waals surface area (Å²) in [6, 6.07) is 0. The summed E-state index contributed by atoms with van der Waals surface area (Å²) in [5.41, 5.74) is 0. The summed E-state index contributed by atoms with van der Waals surface area (Å²) >= 11 is 0. The summed E-state index contributed by atoms with van der Waals surface area (Å²) in [6.45, 7) is 7.71. The molecule has 2 aliphatic rings. The van der Waals surface area contributed by atoms with Gasteiger partial charge in [-0.05, 0) is 51.6 Å². The van der Waals surface area contributed by atoms with Gasteiger partial charge in [0.05, 0.1) is 6.61 Å². The molecule has 1 atom stereocenters. The average Bonchev–Trinajstić information content (AvgIpc) is 2.92. The van der Waals surface area contributed by atoms with E-state index in [0.717, 1.165) is 64.6 Å². The standard InChI is InChI=1S/C15H28N2O2.ClH/c1-2-19-12-14-7-10-17(11-14)15(18)4-3-13-5-8-16-9-6-13;/h13-14,16H,2-12H2,1H3;1H. The second-order valence-electron chi connectivity index (χ2n) is 5.89. The van der Waals surface area contributed by atoms with Gasteiger partial charge in [0, 0.05) is 32.0 Å². The van der Waals surface area contributed by atoms with Crippen molar-refractivity contribution < 1.29 is 9.53 Å². The molecule has 0 saturated carbocycles. The van der Waals surface area contributed by atoms with Crippen LogP contribution in [-0.2, 0) is 9.53 Å². The number of carbonyl (C=O) groups excluding carboxylic acids is 1. The molecule has 2 aliphatic heterocycles. The molecule has 2 fully saturated rings. The van der Waals surface area contributed by atoms with Gasteiger partial charge in [-0.15, -0.1) is 12.4 Å². The van der Waals surface area contributed by atoms with E-state index in [2.05, 4.69) is 5.32 Å². The van der Waals surface area contributed by atoms with E-state index in [-0.39, 0.29) is 12.4 Å². The second kappa shape index (κ2) is 9.59. The van der Waals surface area contributed by atoms with Gasteiger partial charge in [0.15, 0.2) is 0 Å². The van der Waals surface area contributed by atoms with Crippen LogP contribution in [0.15, 0.2) is 0 Å². The molecule has 0 aromatic heterocycles. The Morgan fingerprint density at radius 1 is 1.25 bits per heavy atom. The zero-order valence-electron chi connectivity index (χ0n) is 12.6. The normalized spacial score (nSPS) is 23.6. The average molecular weight is 305 g/mol. The van der Waals surface area contributed by atoms with Crippen molar-refractivity contribution >= 4 is 18.3 Å². The van der Waals surface area contributed by atoms with Crippen molar-refractivity contribution in [2.45, 2.75) is 39.0 Å². The van der Waals surface area contributed by atoms with Gasteiger partial charge in [0.25, 0.3) is 0 Å². The molecule has 2 heterocycles. The first-order valence-corrected chi connectivity index (χ1v) is 7.85. The first-order chi connectivity index (χ1) is 9.29. The Bertz CT molecular complexity index is 283. The summed E-state index contributed by atoms with van der Waals surface area (Å²) in [5, 5.41) is 3.37. The van der Waals surface area contributed by atoms with Crippen molar-refractivity contribution in [2.24, 2.45) is 11.8 Å². The Labute approximate surface area is 129 Å². The van der Waals surface area contributed by atoms with Gasteiger partial charge in [-0.3, -0.25) is 4.79 Å². The van der Waals surface area contributed by atoms with E-state index in [0.29, 0.717) is 11.8 Å². The maximum atomic E-state index is 12.2. The lowest BCUT2D eigenvalue weighted by atomic mass is 9.93. The van der Waals surface area contributed by atoms with E-state index in [1.165, 1.54) is 12.8 Å². The quantitative estimate of drug-likeness (QED) is 0.817. The minimum absolute atomic E-state index is 0. The van der Waals surface area contributed by atoms with Crippen LogP contribution in [0, 0.1) is 11.8 Å². The minimum atomic E-state index is 0. The van der Waals surface area contributed by atoms with Crippen LogP contribution in [0.25, 0.3) is 0 Å². The summed E-state index contributed by atoms with van der Waals surface area (Å²) in [5.74, 6) is 1.67. The zero-order valence-corrected chi connectivity index (χ0v) is 13.4. The molecular weight excluding hydrogens is 276 g/mol. The third-order valence-electron chi connectivity index (χ3n) is 4.42. The van der Waals surface area contributed by atoms with Gasteiger partial charge < -0.3 is 15.0 Å². The number of hydrogen-bond donors (Lipinski definition) is 1. The van der Waals surface area contributed by atoms with Crippen molar-refractivity contribution in [1.29, 1.82) is 0 Å². The number of halogens is 1. The highest BCUT2D eigenvalue weighted by Crippen LogP contribution is 2.21. The summed E-state index contributed by atoms with van der Waals surface area (Å²) in [7, 11) is 0. The van der Waals surface area contributed by atoms with Crippen molar-refractivity contribution in [3.8, 4) is 0 Å². The highest BCUT2D eigenvalue weighted by molar-refractivity contribution is 5.85. The Balaban J connectivity index is 0.00000200. The molecule has 4 nitrogen and oxygen atoms in total. The van der Waals surface area contributed by atoms with Crippen LogP contribution in [0.2, 0.25) is 0 Å². The van der Waals surface area contributed by atoms with E-state index < -0.39 is 0 Å². The number of piperidine rings is 1. The van der Waals surface area contributed by atoms with Crippen LogP contribution in [-0.4, -0.2) is 50.2 Å². The largest absolute Gasteiger partial charge is 0.381 e. The van der Waals surface area contributed by atoms with E-state index in [1.807, 2.05) is 11.8 Å². The van der Waals surface area contributed by atoms with Gasteiger partial charge in [0.2, 0.25) is 5.91 Å². The molecule has 0 bridgehead atoms. The third-order valence-corrected chi connectivity index (χ3v) is 4.42. The van der Waals surface area contributed by atoms with Gasteiger partial charge in [-0.25, -0.2) is 0 Å². The topological polar surface area (TPSA) is 41.6 Å². The highest BCUT2D eigenvalue weighted by atomic mass is 35.5. The van der Waals surface area contributed by atoms with Gasteiger partial charge in [-0.2, -0.15) is 0 Å². The van der Waals surface area contributed by atoms with Crippen molar-refractivity contribution in [3.05, 3.63) is 0 Å². The monoisotopic (exact) mass is 304 g/mol. The van der Waals surface area contributed by atoms with Crippen molar-refractivity contribution in [2.75, 3.05) is 39.4 Å². The van der Waals surface area contributed by atoms with E-state index >= 15 is 0 Å². The fourth-order valence-electron chi connectivity index (χ4n) is 3.14. The number of likely N-dealkylation sites (tertiary alicyclic amines) is 1. The van der Waals surface area contributed by atoms with Crippen LogP contribution >= 0.6 is 12.4 Å². The predicted octanol–water partition coefficient (Wildman–Crippen LogP) is 2.07. The molecule has 5 heteroatoms. The number of hydrogen-bond acceptors (Lipinski definition) is 3. The molecule has 2 saturated heterocycles. The molecule has 1 unspecified atom stereocenters. The number of ether oxygens (including phenoxy) is 1. The number of rotatable bonds is 6. The first-order valence-electron chi connectivity index (χ1n) is 7.85. The molecular formula is C15H29ClN2O2. The molecule has 0 radical (unpaired) electrons. The van der Waals surface area contributed by atoms with Gasteiger partial charge in [0.1, 0.15) is 0 Å². The fraction of sp³-hybridized carbons (Fsp3) is 0.933. The first kappa shape index (κ1) is 17.7.